The molecular weight excluding hydrogens is 102 g/mol. The van der Waals surface area contributed by atoms with E-state index in [9.17, 15) is 0 Å². The standard InChI is InChI=1S/C2H5NO2S/c3-1(6)2(4)5/h2,4-5H,(H2,3,6). The van der Waals surface area contributed by atoms with Gasteiger partial charge in [-0.25, -0.2) is 0 Å². The van der Waals surface area contributed by atoms with Crippen molar-refractivity contribution in [3.8, 4) is 0 Å². The van der Waals surface area contributed by atoms with Crippen LogP contribution in [0.1, 0.15) is 0 Å². The van der Waals surface area contributed by atoms with Gasteiger partial charge in [-0.3, -0.25) is 0 Å². The summed E-state index contributed by atoms with van der Waals surface area (Å²) in [7, 11) is 0. The van der Waals surface area contributed by atoms with E-state index in [1.807, 2.05) is 0 Å². The SMILES string of the molecule is NC(=S)C(O)O. The summed E-state index contributed by atoms with van der Waals surface area (Å²) in [5, 5.41) is 15.8. The Hall–Kier alpha value is -0.190. The average molecular weight is 107 g/mol. The van der Waals surface area contributed by atoms with Crippen LogP contribution in [0.25, 0.3) is 0 Å². The zero-order valence-corrected chi connectivity index (χ0v) is 3.77. The molecule has 0 aromatic carbocycles. The maximum Gasteiger partial charge on any atom is 0.204 e. The fourth-order valence-electron chi connectivity index (χ4n) is 0. The molecule has 0 aromatic rings. The average Bonchev–Trinajstić information content (AvgIpc) is 1.36. The maximum absolute atomic E-state index is 7.92. The van der Waals surface area contributed by atoms with Gasteiger partial charge in [0.2, 0.25) is 6.29 Å². The summed E-state index contributed by atoms with van der Waals surface area (Å²) in [6.07, 6.45) is -1.64. The topological polar surface area (TPSA) is 66.5 Å². The second-order valence-corrected chi connectivity index (χ2v) is 1.25. The molecule has 4 N–H and O–H groups in total. The first-order valence-corrected chi connectivity index (χ1v) is 1.71. The first-order chi connectivity index (χ1) is 2.64. The van der Waals surface area contributed by atoms with Crippen molar-refractivity contribution >= 4 is 17.2 Å². The van der Waals surface area contributed by atoms with Crippen LogP contribution in [0, 0.1) is 0 Å². The van der Waals surface area contributed by atoms with Gasteiger partial charge >= 0.3 is 0 Å². The summed E-state index contributed by atoms with van der Waals surface area (Å²) < 4.78 is 0. The quantitative estimate of drug-likeness (QED) is 0.284. The van der Waals surface area contributed by atoms with E-state index >= 15 is 0 Å². The monoisotopic (exact) mass is 107 g/mol. The smallest absolute Gasteiger partial charge is 0.204 e. The largest absolute Gasteiger partial charge is 0.389 e. The van der Waals surface area contributed by atoms with Crippen molar-refractivity contribution in [1.82, 2.24) is 0 Å². The molecule has 0 rings (SSSR count). The van der Waals surface area contributed by atoms with Crippen molar-refractivity contribution in [1.29, 1.82) is 0 Å². The molecule has 0 fully saturated rings. The van der Waals surface area contributed by atoms with Crippen LogP contribution < -0.4 is 5.73 Å². The molecule has 0 amide bonds. The van der Waals surface area contributed by atoms with Gasteiger partial charge in [0.05, 0.1) is 0 Å². The van der Waals surface area contributed by atoms with Crippen molar-refractivity contribution in [2.24, 2.45) is 5.73 Å². The minimum Gasteiger partial charge on any atom is -0.389 e. The van der Waals surface area contributed by atoms with E-state index in [0.29, 0.717) is 0 Å². The molecule has 6 heavy (non-hydrogen) atoms. The van der Waals surface area contributed by atoms with Crippen molar-refractivity contribution in [2.45, 2.75) is 6.29 Å². The van der Waals surface area contributed by atoms with Gasteiger partial charge in [-0.15, -0.1) is 0 Å². The van der Waals surface area contributed by atoms with E-state index in [0.717, 1.165) is 0 Å². The molecule has 0 spiro atoms. The van der Waals surface area contributed by atoms with Crippen LogP contribution in [0.4, 0.5) is 0 Å². The van der Waals surface area contributed by atoms with Crippen LogP contribution in [-0.4, -0.2) is 21.5 Å². The van der Waals surface area contributed by atoms with Crippen LogP contribution in [-0.2, 0) is 0 Å². The number of rotatable bonds is 1. The van der Waals surface area contributed by atoms with Gasteiger partial charge in [-0.1, -0.05) is 12.2 Å². The van der Waals surface area contributed by atoms with Crippen molar-refractivity contribution < 1.29 is 10.2 Å². The minimum absolute atomic E-state index is 0.296. The molecule has 0 radical (unpaired) electrons. The molecule has 0 atom stereocenters. The molecule has 0 unspecified atom stereocenters. The molecule has 4 heteroatoms. The van der Waals surface area contributed by atoms with E-state index in [-0.39, 0.29) is 4.99 Å². The lowest BCUT2D eigenvalue weighted by molar-refractivity contribution is 0.0208. The van der Waals surface area contributed by atoms with E-state index in [4.69, 9.17) is 10.2 Å². The summed E-state index contributed by atoms with van der Waals surface area (Å²) in [6.45, 7) is 0. The Morgan fingerprint density at radius 1 is 1.67 bits per heavy atom. The second kappa shape index (κ2) is 2.07. The van der Waals surface area contributed by atoms with Crippen LogP contribution in [0.5, 0.6) is 0 Å². The Morgan fingerprint density at radius 3 is 1.83 bits per heavy atom. The Morgan fingerprint density at radius 2 is 1.83 bits per heavy atom. The highest BCUT2D eigenvalue weighted by Gasteiger charge is 1.95. The van der Waals surface area contributed by atoms with E-state index in [1.54, 1.807) is 0 Å². The van der Waals surface area contributed by atoms with Crippen molar-refractivity contribution in [3.63, 3.8) is 0 Å². The van der Waals surface area contributed by atoms with Gasteiger partial charge < -0.3 is 15.9 Å². The van der Waals surface area contributed by atoms with Gasteiger partial charge in [-0.2, -0.15) is 0 Å². The lowest BCUT2D eigenvalue weighted by atomic mass is 10.7. The summed E-state index contributed by atoms with van der Waals surface area (Å²) in [5.74, 6) is 0. The summed E-state index contributed by atoms with van der Waals surface area (Å²) in [5.41, 5.74) is 4.67. The normalized spacial score (nSPS) is 9.17. The molecule has 0 aliphatic carbocycles. The zero-order valence-electron chi connectivity index (χ0n) is 2.96. The van der Waals surface area contributed by atoms with Crippen molar-refractivity contribution in [2.75, 3.05) is 0 Å². The van der Waals surface area contributed by atoms with E-state index in [1.165, 1.54) is 0 Å². The highest BCUT2D eigenvalue weighted by molar-refractivity contribution is 7.80. The molecule has 0 bridgehead atoms. The summed E-state index contributed by atoms with van der Waals surface area (Å²) in [4.78, 5) is -0.296. The molecule has 0 aliphatic rings. The Kier molecular flexibility index (Phi) is 2.00. The van der Waals surface area contributed by atoms with Gasteiger partial charge in [-0.05, 0) is 0 Å². The molecule has 0 saturated heterocycles. The fourth-order valence-corrected chi connectivity index (χ4v) is 0. The highest BCUT2D eigenvalue weighted by atomic mass is 32.1. The first-order valence-electron chi connectivity index (χ1n) is 1.30. The minimum atomic E-state index is -1.64. The summed E-state index contributed by atoms with van der Waals surface area (Å²) in [6, 6.07) is 0. The number of aliphatic hydroxyl groups excluding tert-OH is 1. The van der Waals surface area contributed by atoms with Crippen LogP contribution in [0.15, 0.2) is 0 Å². The van der Waals surface area contributed by atoms with E-state index in [2.05, 4.69) is 18.0 Å². The van der Waals surface area contributed by atoms with Crippen LogP contribution in [0.2, 0.25) is 0 Å². The molecule has 0 heterocycles. The molecule has 0 saturated carbocycles. The fraction of sp³-hybridized carbons (Fsp3) is 0.500. The zero-order chi connectivity index (χ0) is 5.15. The first kappa shape index (κ1) is 5.81. The lowest BCUT2D eigenvalue weighted by Crippen LogP contribution is -2.25. The number of thiocarbonyl (C=S) groups is 1. The van der Waals surface area contributed by atoms with Gasteiger partial charge in [0.1, 0.15) is 4.99 Å². The van der Waals surface area contributed by atoms with E-state index < -0.39 is 6.29 Å². The Balaban J connectivity index is 3.26. The summed E-state index contributed by atoms with van der Waals surface area (Å²) >= 11 is 4.10. The van der Waals surface area contributed by atoms with Crippen LogP contribution >= 0.6 is 12.2 Å². The third-order valence-electron chi connectivity index (χ3n) is 0.254. The van der Waals surface area contributed by atoms with Gasteiger partial charge in [0, 0.05) is 0 Å². The second-order valence-electron chi connectivity index (χ2n) is 0.776. The molecule has 36 valence electrons. The Labute approximate surface area is 40.4 Å². The Bertz CT molecular complexity index is 62.6. The van der Waals surface area contributed by atoms with Crippen molar-refractivity contribution in [3.05, 3.63) is 0 Å². The predicted octanol–water partition coefficient (Wildman–Crippen LogP) is -1.42. The number of nitrogens with two attached hydrogens (primary N) is 1. The number of aliphatic hydroxyl groups is 2. The third kappa shape index (κ3) is 2.07. The number of hydrogen-bond acceptors (Lipinski definition) is 3. The lowest BCUT2D eigenvalue weighted by Gasteiger charge is -1.93. The van der Waals surface area contributed by atoms with Gasteiger partial charge in [0.25, 0.3) is 0 Å². The maximum atomic E-state index is 7.92. The third-order valence-corrected chi connectivity index (χ3v) is 0.465. The molecular formula is C2H5NO2S. The number of hydrogen-bond donors (Lipinski definition) is 3. The van der Waals surface area contributed by atoms with Crippen LogP contribution in [0.3, 0.4) is 0 Å². The highest BCUT2D eigenvalue weighted by Crippen LogP contribution is 1.70. The van der Waals surface area contributed by atoms with Gasteiger partial charge in [0.15, 0.2) is 0 Å². The predicted molar refractivity (Wildman–Crippen MR) is 25.0 cm³/mol. The molecule has 3 nitrogen and oxygen atoms in total. The molecule has 0 aliphatic heterocycles. The molecule has 0 aromatic heterocycles.